The molecule has 2 aliphatic heterocycles. The smallest absolute Gasteiger partial charge is 0.394 e. The van der Waals surface area contributed by atoms with Gasteiger partial charge in [0.2, 0.25) is 0 Å². The number of morpholine rings is 1. The summed E-state index contributed by atoms with van der Waals surface area (Å²) in [7, 11) is 0. The lowest BCUT2D eigenvalue weighted by Gasteiger charge is -2.48. The third kappa shape index (κ3) is 4.09. The normalized spacial score (nSPS) is 28.7. The predicted octanol–water partition coefficient (Wildman–Crippen LogP) is 1.39. The number of hydrogen-bond donors (Lipinski definition) is 2. The van der Waals surface area contributed by atoms with Crippen LogP contribution in [-0.4, -0.2) is 67.2 Å². The Kier molecular flexibility index (Phi) is 5.51. The van der Waals surface area contributed by atoms with Gasteiger partial charge >= 0.3 is 6.18 Å². The van der Waals surface area contributed by atoms with Crippen LogP contribution in [-0.2, 0) is 4.74 Å². The number of rotatable bonds is 4. The maximum absolute atomic E-state index is 12.6. The van der Waals surface area contributed by atoms with Crippen molar-refractivity contribution in [3.63, 3.8) is 0 Å². The van der Waals surface area contributed by atoms with Crippen LogP contribution in [0, 0.1) is 5.92 Å². The maximum Gasteiger partial charge on any atom is 0.394 e. The summed E-state index contributed by atoms with van der Waals surface area (Å²) in [5, 5.41) is 12.3. The fourth-order valence-corrected chi connectivity index (χ4v) is 3.27. The van der Waals surface area contributed by atoms with E-state index >= 15 is 0 Å². The van der Waals surface area contributed by atoms with E-state index in [0.29, 0.717) is 13.2 Å². The predicted molar refractivity (Wildman–Crippen MR) is 73.1 cm³/mol. The number of nitrogens with one attached hydrogen (secondary N) is 1. The van der Waals surface area contributed by atoms with Gasteiger partial charge in [-0.05, 0) is 32.7 Å². The first-order valence-corrected chi connectivity index (χ1v) is 7.65. The first-order chi connectivity index (χ1) is 9.87. The van der Waals surface area contributed by atoms with Gasteiger partial charge < -0.3 is 20.1 Å². The van der Waals surface area contributed by atoms with E-state index in [2.05, 4.69) is 12.2 Å². The second kappa shape index (κ2) is 6.81. The molecule has 2 atom stereocenters. The quantitative estimate of drug-likeness (QED) is 0.824. The fraction of sp³-hybridized carbons (Fsp3) is 1.00. The third-order valence-corrected chi connectivity index (χ3v) is 4.91. The zero-order valence-corrected chi connectivity index (χ0v) is 12.5. The largest absolute Gasteiger partial charge is 0.396 e. The van der Waals surface area contributed by atoms with Gasteiger partial charge in [0.05, 0.1) is 24.7 Å². The molecule has 124 valence electrons. The minimum atomic E-state index is -4.31. The Labute approximate surface area is 123 Å². The Hall–Kier alpha value is -0.370. The molecule has 0 aromatic rings. The van der Waals surface area contributed by atoms with Gasteiger partial charge in [-0.15, -0.1) is 0 Å². The minimum absolute atomic E-state index is 0.0400. The van der Waals surface area contributed by atoms with Crippen molar-refractivity contribution in [2.24, 2.45) is 5.92 Å². The number of nitrogens with zero attached hydrogens (tertiary/aromatic N) is 1. The molecule has 0 radical (unpaired) electrons. The summed E-state index contributed by atoms with van der Waals surface area (Å²) >= 11 is 0. The van der Waals surface area contributed by atoms with E-state index in [9.17, 15) is 13.2 Å². The van der Waals surface area contributed by atoms with Crippen molar-refractivity contribution in [2.45, 2.75) is 44.0 Å². The molecule has 0 aromatic heterocycles. The van der Waals surface area contributed by atoms with Gasteiger partial charge in [0.1, 0.15) is 0 Å². The molecular weight excluding hydrogens is 285 g/mol. The lowest BCUT2D eigenvalue weighted by atomic mass is 9.83. The number of likely N-dealkylation sites (tertiary alicyclic amines) is 1. The molecule has 2 rings (SSSR count). The molecule has 2 N–H and O–H groups in total. The highest BCUT2D eigenvalue weighted by Crippen LogP contribution is 2.33. The Morgan fingerprint density at radius 3 is 2.57 bits per heavy atom. The highest BCUT2D eigenvalue weighted by molar-refractivity contribution is 4.97. The molecule has 2 saturated heterocycles. The summed E-state index contributed by atoms with van der Waals surface area (Å²) in [4.78, 5) is 2.05. The number of piperidine rings is 1. The Morgan fingerprint density at radius 2 is 2.05 bits per heavy atom. The van der Waals surface area contributed by atoms with E-state index in [1.54, 1.807) is 0 Å². The highest BCUT2D eigenvalue weighted by atomic mass is 19.4. The number of halogens is 3. The van der Waals surface area contributed by atoms with Gasteiger partial charge in [0.25, 0.3) is 0 Å². The summed E-state index contributed by atoms with van der Waals surface area (Å²) in [6, 6.07) is 0.286. The van der Waals surface area contributed by atoms with Crippen LogP contribution in [0.3, 0.4) is 0 Å². The van der Waals surface area contributed by atoms with Crippen LogP contribution in [0.4, 0.5) is 13.2 Å². The van der Waals surface area contributed by atoms with E-state index in [1.165, 1.54) is 0 Å². The molecule has 0 amide bonds. The molecule has 1 spiro atoms. The van der Waals surface area contributed by atoms with Gasteiger partial charge in [0.15, 0.2) is 0 Å². The van der Waals surface area contributed by atoms with Crippen LogP contribution in [0.15, 0.2) is 0 Å². The molecule has 21 heavy (non-hydrogen) atoms. The first-order valence-electron chi connectivity index (χ1n) is 7.65. The van der Waals surface area contributed by atoms with Gasteiger partial charge in [-0.2, -0.15) is 13.2 Å². The van der Waals surface area contributed by atoms with Gasteiger partial charge in [-0.3, -0.25) is 0 Å². The lowest BCUT2D eigenvalue weighted by molar-refractivity contribution is -0.187. The molecule has 1 unspecified atom stereocenters. The van der Waals surface area contributed by atoms with Crippen molar-refractivity contribution in [3.8, 4) is 0 Å². The van der Waals surface area contributed by atoms with E-state index in [1.807, 2.05) is 4.90 Å². The lowest BCUT2D eigenvalue weighted by Crippen LogP contribution is -2.60. The van der Waals surface area contributed by atoms with Crippen molar-refractivity contribution >= 4 is 0 Å². The van der Waals surface area contributed by atoms with Crippen LogP contribution in [0.1, 0.15) is 26.2 Å². The van der Waals surface area contributed by atoms with Crippen LogP contribution >= 0.6 is 0 Å². The van der Waals surface area contributed by atoms with E-state index in [4.69, 9.17) is 9.84 Å². The SMILES string of the molecule is CC1NCCOC12CCN(CC[C@H](CO)C(F)(F)F)CC2. The summed E-state index contributed by atoms with van der Waals surface area (Å²) in [5.41, 5.74) is -0.158. The number of aliphatic hydroxyl groups is 1. The average molecular weight is 310 g/mol. The van der Waals surface area contributed by atoms with E-state index < -0.39 is 18.7 Å². The second-order valence-electron chi connectivity index (χ2n) is 6.14. The van der Waals surface area contributed by atoms with Crippen molar-refractivity contribution in [3.05, 3.63) is 0 Å². The molecular formula is C14H25F3N2O2. The van der Waals surface area contributed by atoms with Crippen molar-refractivity contribution in [1.29, 1.82) is 0 Å². The van der Waals surface area contributed by atoms with Gasteiger partial charge in [-0.25, -0.2) is 0 Å². The Morgan fingerprint density at radius 1 is 1.38 bits per heavy atom. The van der Waals surface area contributed by atoms with Crippen molar-refractivity contribution < 1.29 is 23.0 Å². The summed E-state index contributed by atoms with van der Waals surface area (Å²) in [6.45, 7) is 4.72. The number of aliphatic hydroxyl groups excluding tert-OH is 1. The molecule has 2 aliphatic rings. The van der Waals surface area contributed by atoms with Gasteiger partial charge in [-0.1, -0.05) is 0 Å². The number of ether oxygens (including phenoxy) is 1. The number of alkyl halides is 3. The Balaban J connectivity index is 1.79. The van der Waals surface area contributed by atoms with Crippen LogP contribution < -0.4 is 5.32 Å². The standard InChI is InChI=1S/C14H25F3N2O2/c1-11-13(21-9-5-18-11)3-7-19(8-4-13)6-2-12(10-20)14(15,16)17/h11-12,18,20H,2-10H2,1H3/t11?,12-/m1/s1. The highest BCUT2D eigenvalue weighted by Gasteiger charge is 2.43. The topological polar surface area (TPSA) is 44.7 Å². The molecule has 7 heteroatoms. The first kappa shape index (κ1) is 17.0. The zero-order chi connectivity index (χ0) is 15.5. The second-order valence-corrected chi connectivity index (χ2v) is 6.14. The summed E-state index contributed by atoms with van der Waals surface area (Å²) < 4.78 is 43.8. The molecule has 0 saturated carbocycles. The van der Waals surface area contributed by atoms with Gasteiger partial charge in [0, 0.05) is 25.7 Å². The minimum Gasteiger partial charge on any atom is -0.396 e. The molecule has 0 bridgehead atoms. The van der Waals surface area contributed by atoms with E-state index in [0.717, 1.165) is 32.5 Å². The monoisotopic (exact) mass is 310 g/mol. The molecule has 2 heterocycles. The summed E-state index contributed by atoms with van der Waals surface area (Å²) in [6.07, 6.45) is -2.66. The number of hydrogen-bond acceptors (Lipinski definition) is 4. The molecule has 2 fully saturated rings. The zero-order valence-electron chi connectivity index (χ0n) is 12.5. The van der Waals surface area contributed by atoms with Crippen LogP contribution in [0.5, 0.6) is 0 Å². The average Bonchev–Trinajstić information content (AvgIpc) is 2.43. The fourth-order valence-electron chi connectivity index (χ4n) is 3.27. The van der Waals surface area contributed by atoms with Crippen molar-refractivity contribution in [2.75, 3.05) is 39.4 Å². The molecule has 0 aromatic carbocycles. The Bertz CT molecular complexity index is 331. The third-order valence-electron chi connectivity index (χ3n) is 4.91. The van der Waals surface area contributed by atoms with Crippen LogP contribution in [0.25, 0.3) is 0 Å². The van der Waals surface area contributed by atoms with E-state index in [-0.39, 0.29) is 18.1 Å². The maximum atomic E-state index is 12.6. The molecule has 4 nitrogen and oxygen atoms in total. The van der Waals surface area contributed by atoms with Crippen LogP contribution in [0.2, 0.25) is 0 Å². The van der Waals surface area contributed by atoms with Crippen molar-refractivity contribution in [1.82, 2.24) is 10.2 Å². The molecule has 0 aliphatic carbocycles. The summed E-state index contributed by atoms with van der Waals surface area (Å²) in [5.74, 6) is -1.61.